The lowest BCUT2D eigenvalue weighted by Crippen LogP contribution is -2.45. The summed E-state index contributed by atoms with van der Waals surface area (Å²) in [5, 5.41) is 16.7. The van der Waals surface area contributed by atoms with Crippen molar-refractivity contribution in [1.29, 1.82) is 0 Å². The van der Waals surface area contributed by atoms with E-state index in [1.54, 1.807) is 0 Å². The van der Waals surface area contributed by atoms with E-state index in [0.717, 1.165) is 0 Å². The summed E-state index contributed by atoms with van der Waals surface area (Å²) >= 11 is 0. The van der Waals surface area contributed by atoms with Gasteiger partial charge in [-0.25, -0.2) is 13.6 Å². The average Bonchev–Trinajstić information content (AvgIpc) is 1.81. The maximum absolute atomic E-state index is 10.5. The molecule has 0 aromatic rings. The van der Waals surface area contributed by atoms with Gasteiger partial charge >= 0.3 is 0 Å². The second kappa shape index (κ2) is 3.69. The maximum Gasteiger partial charge on any atom is 0.210 e. The van der Waals surface area contributed by atoms with Gasteiger partial charge in [-0.15, -0.1) is 0 Å². The van der Waals surface area contributed by atoms with Crippen LogP contribution in [-0.4, -0.2) is 38.0 Å². The SMILES string of the molecule is NS(=O)(=O)CCNC1CC(O)C1. The Kier molecular flexibility index (Phi) is 3.05. The zero-order valence-corrected chi connectivity index (χ0v) is 7.55. The second-order valence-electron chi connectivity index (χ2n) is 3.14. The number of hydrogen-bond donors (Lipinski definition) is 3. The molecule has 0 bridgehead atoms. The van der Waals surface area contributed by atoms with Crippen LogP contribution in [0.25, 0.3) is 0 Å². The third-order valence-corrected chi connectivity index (χ3v) is 2.71. The van der Waals surface area contributed by atoms with Gasteiger partial charge in [0.1, 0.15) is 0 Å². The van der Waals surface area contributed by atoms with Gasteiger partial charge in [-0.3, -0.25) is 0 Å². The first kappa shape index (κ1) is 9.91. The summed E-state index contributed by atoms with van der Waals surface area (Å²) in [7, 11) is -3.34. The maximum atomic E-state index is 10.5. The molecule has 0 saturated heterocycles. The summed E-state index contributed by atoms with van der Waals surface area (Å²) in [5.74, 6) is -0.0421. The lowest BCUT2D eigenvalue weighted by molar-refractivity contribution is 0.0635. The minimum atomic E-state index is -3.34. The summed E-state index contributed by atoms with van der Waals surface area (Å²) in [4.78, 5) is 0. The predicted molar refractivity (Wildman–Crippen MR) is 45.0 cm³/mol. The van der Waals surface area contributed by atoms with E-state index in [0.29, 0.717) is 19.4 Å². The molecule has 1 aliphatic carbocycles. The standard InChI is InChI=1S/C6H14N2O3S/c7-12(10,11)2-1-8-5-3-6(9)4-5/h5-6,8-9H,1-4H2,(H2,7,10,11). The Balaban J connectivity index is 2.04. The van der Waals surface area contributed by atoms with Crippen molar-refractivity contribution in [3.63, 3.8) is 0 Å². The number of primary sulfonamides is 1. The van der Waals surface area contributed by atoms with Crippen molar-refractivity contribution in [2.24, 2.45) is 5.14 Å². The van der Waals surface area contributed by atoms with E-state index in [1.807, 2.05) is 0 Å². The number of aliphatic hydroxyl groups excluding tert-OH is 1. The summed E-state index contributed by atoms with van der Waals surface area (Å²) in [6.45, 7) is 0.371. The molecule has 12 heavy (non-hydrogen) atoms. The van der Waals surface area contributed by atoms with Crippen LogP contribution in [0.2, 0.25) is 0 Å². The molecule has 0 aromatic heterocycles. The van der Waals surface area contributed by atoms with Crippen LogP contribution >= 0.6 is 0 Å². The van der Waals surface area contributed by atoms with E-state index >= 15 is 0 Å². The number of sulfonamides is 1. The van der Waals surface area contributed by atoms with Crippen molar-refractivity contribution in [1.82, 2.24) is 5.32 Å². The molecular formula is C6H14N2O3S. The Morgan fingerprint density at radius 1 is 1.50 bits per heavy atom. The molecule has 1 saturated carbocycles. The molecule has 0 unspecified atom stereocenters. The fourth-order valence-corrected chi connectivity index (χ4v) is 1.56. The van der Waals surface area contributed by atoms with E-state index in [2.05, 4.69) is 5.32 Å². The first-order valence-electron chi connectivity index (χ1n) is 3.89. The first-order valence-corrected chi connectivity index (χ1v) is 5.61. The van der Waals surface area contributed by atoms with Gasteiger partial charge in [0, 0.05) is 12.6 Å². The van der Waals surface area contributed by atoms with Gasteiger partial charge < -0.3 is 10.4 Å². The van der Waals surface area contributed by atoms with Crippen LogP contribution in [0, 0.1) is 0 Å². The molecule has 6 heteroatoms. The summed E-state index contributed by atoms with van der Waals surface area (Å²) in [6.07, 6.45) is 1.21. The number of nitrogens with two attached hydrogens (primary N) is 1. The van der Waals surface area contributed by atoms with Crippen LogP contribution < -0.4 is 10.5 Å². The Hall–Kier alpha value is -0.170. The monoisotopic (exact) mass is 194 g/mol. The second-order valence-corrected chi connectivity index (χ2v) is 4.88. The van der Waals surface area contributed by atoms with Crippen molar-refractivity contribution in [3.8, 4) is 0 Å². The van der Waals surface area contributed by atoms with Gasteiger partial charge in [-0.1, -0.05) is 0 Å². The third kappa shape index (κ3) is 3.48. The molecule has 1 fully saturated rings. The van der Waals surface area contributed by atoms with E-state index in [4.69, 9.17) is 10.2 Å². The number of hydrogen-bond acceptors (Lipinski definition) is 4. The van der Waals surface area contributed by atoms with Crippen LogP contribution in [0.5, 0.6) is 0 Å². The molecule has 0 heterocycles. The molecule has 4 N–H and O–H groups in total. The fraction of sp³-hybridized carbons (Fsp3) is 1.00. The predicted octanol–water partition coefficient (Wildman–Crippen LogP) is -1.61. The highest BCUT2D eigenvalue weighted by Gasteiger charge is 2.26. The zero-order chi connectivity index (χ0) is 9.19. The molecule has 0 radical (unpaired) electrons. The Morgan fingerprint density at radius 3 is 2.50 bits per heavy atom. The van der Waals surface area contributed by atoms with E-state index in [-0.39, 0.29) is 17.9 Å². The minimum Gasteiger partial charge on any atom is -0.393 e. The van der Waals surface area contributed by atoms with Crippen LogP contribution in [0.15, 0.2) is 0 Å². The van der Waals surface area contributed by atoms with Crippen LogP contribution in [0.4, 0.5) is 0 Å². The van der Waals surface area contributed by atoms with Crippen LogP contribution in [-0.2, 0) is 10.0 Å². The minimum absolute atomic E-state index is 0.0421. The molecule has 0 spiro atoms. The van der Waals surface area contributed by atoms with Crippen LogP contribution in [0.1, 0.15) is 12.8 Å². The molecule has 1 rings (SSSR count). The van der Waals surface area contributed by atoms with Gasteiger partial charge in [-0.2, -0.15) is 0 Å². The number of aliphatic hydroxyl groups is 1. The first-order chi connectivity index (χ1) is 5.47. The zero-order valence-electron chi connectivity index (χ0n) is 6.73. The van der Waals surface area contributed by atoms with Gasteiger partial charge in [0.05, 0.1) is 11.9 Å². The highest BCUT2D eigenvalue weighted by molar-refractivity contribution is 7.89. The average molecular weight is 194 g/mol. The lowest BCUT2D eigenvalue weighted by atomic mass is 9.90. The highest BCUT2D eigenvalue weighted by Crippen LogP contribution is 2.18. The topological polar surface area (TPSA) is 92.4 Å². The molecule has 1 aliphatic rings. The Morgan fingerprint density at radius 2 is 2.08 bits per heavy atom. The summed E-state index contributed by atoms with van der Waals surface area (Å²) in [6, 6.07) is 0.266. The van der Waals surface area contributed by atoms with Gasteiger partial charge in [0.25, 0.3) is 0 Å². The third-order valence-electron chi connectivity index (χ3n) is 1.93. The normalized spacial score (nSPS) is 29.8. The van der Waals surface area contributed by atoms with Crippen LogP contribution in [0.3, 0.4) is 0 Å². The molecule has 0 atom stereocenters. The summed E-state index contributed by atoms with van der Waals surface area (Å²) in [5.41, 5.74) is 0. The number of rotatable bonds is 4. The van der Waals surface area contributed by atoms with Gasteiger partial charge in [-0.05, 0) is 12.8 Å². The Labute approximate surface area is 72.0 Å². The molecule has 0 aromatic carbocycles. The van der Waals surface area contributed by atoms with E-state index < -0.39 is 10.0 Å². The molecule has 5 nitrogen and oxygen atoms in total. The quantitative estimate of drug-likeness (QED) is 0.502. The van der Waals surface area contributed by atoms with Crippen molar-refractivity contribution < 1.29 is 13.5 Å². The molecule has 72 valence electrons. The fourth-order valence-electron chi connectivity index (χ4n) is 1.16. The number of nitrogens with one attached hydrogen (secondary N) is 1. The van der Waals surface area contributed by atoms with Crippen molar-refractivity contribution >= 4 is 10.0 Å². The van der Waals surface area contributed by atoms with Gasteiger partial charge in [0.15, 0.2) is 0 Å². The van der Waals surface area contributed by atoms with E-state index in [9.17, 15) is 8.42 Å². The van der Waals surface area contributed by atoms with Gasteiger partial charge in [0.2, 0.25) is 10.0 Å². The van der Waals surface area contributed by atoms with Crippen molar-refractivity contribution in [2.75, 3.05) is 12.3 Å². The Bertz CT molecular complexity index is 233. The lowest BCUT2D eigenvalue weighted by Gasteiger charge is -2.32. The molecule has 0 aliphatic heterocycles. The summed E-state index contributed by atoms with van der Waals surface area (Å²) < 4.78 is 20.9. The van der Waals surface area contributed by atoms with Crippen molar-refractivity contribution in [3.05, 3.63) is 0 Å². The largest absolute Gasteiger partial charge is 0.393 e. The smallest absolute Gasteiger partial charge is 0.210 e. The molecular weight excluding hydrogens is 180 g/mol. The molecule has 0 amide bonds. The van der Waals surface area contributed by atoms with E-state index in [1.165, 1.54) is 0 Å². The highest BCUT2D eigenvalue weighted by atomic mass is 32.2. The van der Waals surface area contributed by atoms with Crippen molar-refractivity contribution in [2.45, 2.75) is 25.0 Å².